The van der Waals surface area contributed by atoms with Crippen molar-refractivity contribution < 1.29 is 4.79 Å². The summed E-state index contributed by atoms with van der Waals surface area (Å²) in [4.78, 5) is 15.0. The summed E-state index contributed by atoms with van der Waals surface area (Å²) in [7, 11) is 0. The number of fused-ring (bicyclic) bond motifs is 2. The Bertz CT molecular complexity index is 1270. The van der Waals surface area contributed by atoms with Gasteiger partial charge in [-0.2, -0.15) is 0 Å². The molecule has 0 spiro atoms. The minimum atomic E-state index is 0.122. The van der Waals surface area contributed by atoms with Crippen molar-refractivity contribution in [1.29, 1.82) is 0 Å². The van der Waals surface area contributed by atoms with Crippen LogP contribution in [0, 0.1) is 0 Å². The van der Waals surface area contributed by atoms with Crippen LogP contribution >= 0.6 is 11.8 Å². The quantitative estimate of drug-likeness (QED) is 0.392. The zero-order chi connectivity index (χ0) is 22.1. The zero-order valence-corrected chi connectivity index (χ0v) is 19.3. The Morgan fingerprint density at radius 3 is 2.69 bits per heavy atom. The Hall–Kier alpha value is -3.06. The number of aryl methyl sites for hydroxylation is 2. The molecule has 1 aliphatic heterocycles. The summed E-state index contributed by atoms with van der Waals surface area (Å²) in [5.74, 6) is 1.33. The van der Waals surface area contributed by atoms with Gasteiger partial charge in [-0.3, -0.25) is 4.79 Å². The average molecular weight is 446 g/mol. The fourth-order valence-corrected chi connectivity index (χ4v) is 5.44. The molecule has 0 fully saturated rings. The molecule has 32 heavy (non-hydrogen) atoms. The van der Waals surface area contributed by atoms with E-state index >= 15 is 0 Å². The summed E-state index contributed by atoms with van der Waals surface area (Å²) in [6.45, 7) is 6.66. The van der Waals surface area contributed by atoms with Crippen LogP contribution in [0.3, 0.4) is 0 Å². The highest BCUT2D eigenvalue weighted by Gasteiger charge is 2.24. The van der Waals surface area contributed by atoms with Gasteiger partial charge in [0.15, 0.2) is 11.0 Å². The molecule has 1 amide bonds. The molecule has 0 saturated heterocycles. The number of amides is 1. The molecule has 3 heterocycles. The first-order valence-corrected chi connectivity index (χ1v) is 12.2. The number of nitrogens with zero attached hydrogens (tertiary/aromatic N) is 5. The minimum absolute atomic E-state index is 0.122. The lowest BCUT2D eigenvalue weighted by molar-refractivity contribution is -0.116. The van der Waals surface area contributed by atoms with E-state index in [9.17, 15) is 4.79 Å². The first kappa shape index (κ1) is 20.8. The zero-order valence-electron chi connectivity index (χ0n) is 18.5. The fraction of sp³-hybridized carbons (Fsp3) is 0.320. The lowest BCUT2D eigenvalue weighted by Crippen LogP contribution is -2.36. The van der Waals surface area contributed by atoms with E-state index in [1.54, 1.807) is 0 Å². The second-order valence-corrected chi connectivity index (χ2v) is 8.91. The highest BCUT2D eigenvalue weighted by molar-refractivity contribution is 7.99. The summed E-state index contributed by atoms with van der Waals surface area (Å²) >= 11 is 1.47. The van der Waals surface area contributed by atoms with E-state index in [2.05, 4.69) is 69.7 Å². The van der Waals surface area contributed by atoms with E-state index in [1.165, 1.54) is 28.2 Å². The van der Waals surface area contributed by atoms with Crippen molar-refractivity contribution in [1.82, 2.24) is 19.3 Å². The molecule has 0 saturated carbocycles. The summed E-state index contributed by atoms with van der Waals surface area (Å²) in [6.07, 6.45) is 4.20. The Kier molecular flexibility index (Phi) is 5.74. The smallest absolute Gasteiger partial charge is 0.237 e. The van der Waals surface area contributed by atoms with E-state index in [0.717, 1.165) is 54.7 Å². The van der Waals surface area contributed by atoms with Gasteiger partial charge in [0.2, 0.25) is 5.91 Å². The van der Waals surface area contributed by atoms with E-state index in [1.807, 2.05) is 23.1 Å². The predicted octanol–water partition coefficient (Wildman–Crippen LogP) is 5.01. The molecule has 6 nitrogen and oxygen atoms in total. The standard InChI is InChI=1S/C25H27N5OS/c1-3-28-16-20(19-12-6-8-14-22(19)28)24-26-27-25(29(24)4-2)32-17-23(31)30-15-9-11-18-10-5-7-13-21(18)30/h5-8,10,12-14,16H,3-4,9,11,15,17H2,1-2H3. The van der Waals surface area contributed by atoms with Gasteiger partial charge >= 0.3 is 0 Å². The third-order valence-corrected chi connectivity index (χ3v) is 7.09. The summed E-state index contributed by atoms with van der Waals surface area (Å²) in [5, 5.41) is 11.0. The Morgan fingerprint density at radius 1 is 1.03 bits per heavy atom. The number of carbonyl (C=O) groups excluding carboxylic acids is 1. The third-order valence-electron chi connectivity index (χ3n) is 6.14. The van der Waals surface area contributed by atoms with Gasteiger partial charge in [0.25, 0.3) is 0 Å². The number of rotatable bonds is 6. The van der Waals surface area contributed by atoms with Crippen molar-refractivity contribution in [3.63, 3.8) is 0 Å². The van der Waals surface area contributed by atoms with Gasteiger partial charge in [0.05, 0.1) is 5.75 Å². The molecule has 4 aromatic rings. The van der Waals surface area contributed by atoms with Crippen LogP contribution in [0.5, 0.6) is 0 Å². The fourth-order valence-electron chi connectivity index (χ4n) is 4.56. The van der Waals surface area contributed by atoms with E-state index in [0.29, 0.717) is 5.75 Å². The minimum Gasteiger partial charge on any atom is -0.347 e. The molecule has 0 unspecified atom stereocenters. The summed E-state index contributed by atoms with van der Waals surface area (Å²) in [6, 6.07) is 16.6. The van der Waals surface area contributed by atoms with Crippen molar-refractivity contribution in [2.45, 2.75) is 44.9 Å². The van der Waals surface area contributed by atoms with Gasteiger partial charge in [-0.05, 0) is 44.4 Å². The molecular formula is C25H27N5OS. The molecule has 0 bridgehead atoms. The highest BCUT2D eigenvalue weighted by Crippen LogP contribution is 2.32. The number of para-hydroxylation sites is 2. The van der Waals surface area contributed by atoms with E-state index in [4.69, 9.17) is 0 Å². The van der Waals surface area contributed by atoms with Crippen molar-refractivity contribution in [2.75, 3.05) is 17.2 Å². The topological polar surface area (TPSA) is 56.0 Å². The maximum Gasteiger partial charge on any atom is 0.237 e. The number of thioether (sulfide) groups is 1. The van der Waals surface area contributed by atoms with Gasteiger partial charge in [-0.1, -0.05) is 48.2 Å². The largest absolute Gasteiger partial charge is 0.347 e. The van der Waals surface area contributed by atoms with Crippen LogP contribution in [0.1, 0.15) is 25.8 Å². The number of benzene rings is 2. The van der Waals surface area contributed by atoms with Crippen LogP contribution in [0.15, 0.2) is 59.9 Å². The number of aromatic nitrogens is 4. The predicted molar refractivity (Wildman–Crippen MR) is 130 cm³/mol. The molecule has 1 aliphatic rings. The van der Waals surface area contributed by atoms with Crippen LogP contribution in [-0.2, 0) is 24.3 Å². The van der Waals surface area contributed by atoms with Crippen LogP contribution in [0.4, 0.5) is 5.69 Å². The lowest BCUT2D eigenvalue weighted by Gasteiger charge is -2.29. The highest BCUT2D eigenvalue weighted by atomic mass is 32.2. The van der Waals surface area contributed by atoms with E-state index in [-0.39, 0.29) is 5.91 Å². The second-order valence-electron chi connectivity index (χ2n) is 7.96. The van der Waals surface area contributed by atoms with Crippen LogP contribution < -0.4 is 4.90 Å². The first-order chi connectivity index (χ1) is 15.7. The molecular weight excluding hydrogens is 418 g/mol. The first-order valence-electron chi connectivity index (χ1n) is 11.2. The summed E-state index contributed by atoms with van der Waals surface area (Å²) in [5.41, 5.74) is 4.58. The number of hydrogen-bond acceptors (Lipinski definition) is 4. The lowest BCUT2D eigenvalue weighted by atomic mass is 10.0. The number of anilines is 1. The van der Waals surface area contributed by atoms with Gasteiger partial charge in [0.1, 0.15) is 0 Å². The van der Waals surface area contributed by atoms with Crippen molar-refractivity contribution in [2.24, 2.45) is 0 Å². The summed E-state index contributed by atoms with van der Waals surface area (Å²) < 4.78 is 4.35. The molecule has 164 valence electrons. The molecule has 5 rings (SSSR count). The molecule has 0 N–H and O–H groups in total. The molecule has 7 heteroatoms. The third kappa shape index (κ3) is 3.60. The molecule has 2 aromatic carbocycles. The van der Waals surface area contributed by atoms with Crippen molar-refractivity contribution in [3.8, 4) is 11.4 Å². The Labute approximate surface area is 192 Å². The Morgan fingerprint density at radius 2 is 1.84 bits per heavy atom. The van der Waals surface area contributed by atoms with Gasteiger partial charge in [0, 0.05) is 48.0 Å². The van der Waals surface area contributed by atoms with Crippen molar-refractivity contribution in [3.05, 3.63) is 60.3 Å². The second kappa shape index (κ2) is 8.82. The molecule has 0 radical (unpaired) electrons. The van der Waals surface area contributed by atoms with Crippen LogP contribution in [-0.4, -0.2) is 37.5 Å². The molecule has 0 aliphatic carbocycles. The van der Waals surface area contributed by atoms with E-state index < -0.39 is 0 Å². The van der Waals surface area contributed by atoms with Crippen molar-refractivity contribution >= 4 is 34.3 Å². The molecule has 0 atom stereocenters. The maximum atomic E-state index is 13.1. The number of hydrogen-bond donors (Lipinski definition) is 0. The maximum absolute atomic E-state index is 13.1. The van der Waals surface area contributed by atoms with Crippen LogP contribution in [0.25, 0.3) is 22.3 Å². The van der Waals surface area contributed by atoms with Gasteiger partial charge < -0.3 is 14.0 Å². The SMILES string of the molecule is CCn1c(SCC(=O)N2CCCc3ccccc32)nnc1-c1cn(CC)c2ccccc12. The Balaban J connectivity index is 1.40. The average Bonchev–Trinajstić information content (AvgIpc) is 3.42. The van der Waals surface area contributed by atoms with Gasteiger partial charge in [-0.15, -0.1) is 10.2 Å². The van der Waals surface area contributed by atoms with Crippen LogP contribution in [0.2, 0.25) is 0 Å². The molecule has 2 aromatic heterocycles. The van der Waals surface area contributed by atoms with Gasteiger partial charge in [-0.25, -0.2) is 0 Å². The normalized spacial score (nSPS) is 13.5. The number of carbonyl (C=O) groups is 1. The monoisotopic (exact) mass is 445 g/mol.